The normalized spacial score (nSPS) is 13.2. The molecule has 1 aromatic heterocycles. The number of methoxy groups -OCH3 is 2. The number of anilines is 1. The number of rotatable bonds is 10. The number of hydrogen-bond donors (Lipinski definition) is 1. The quantitative estimate of drug-likeness (QED) is 0.292. The molecular weight excluding hydrogens is 508 g/mol. The van der Waals surface area contributed by atoms with Crippen molar-refractivity contribution in [3.05, 3.63) is 53.6 Å². The molecule has 0 bridgehead atoms. The van der Waals surface area contributed by atoms with Crippen LogP contribution in [0.3, 0.4) is 0 Å². The van der Waals surface area contributed by atoms with Crippen molar-refractivity contribution in [2.45, 2.75) is 50.4 Å². The van der Waals surface area contributed by atoms with Gasteiger partial charge >= 0.3 is 11.9 Å². The highest BCUT2D eigenvalue weighted by Crippen LogP contribution is 2.28. The highest BCUT2D eigenvalue weighted by atomic mass is 32.2. The largest absolute Gasteiger partial charge is 0.490 e. The van der Waals surface area contributed by atoms with Crippen molar-refractivity contribution in [1.29, 1.82) is 0 Å². The van der Waals surface area contributed by atoms with E-state index in [2.05, 4.69) is 15.5 Å². The molecule has 200 valence electrons. The number of thioether (sulfide) groups is 1. The fourth-order valence-electron chi connectivity index (χ4n) is 4.27. The first-order valence-corrected chi connectivity index (χ1v) is 13.4. The number of carbonyl (C=O) groups is 3. The van der Waals surface area contributed by atoms with Crippen LogP contribution in [-0.2, 0) is 20.8 Å². The maximum atomic E-state index is 12.8. The monoisotopic (exact) mass is 538 g/mol. The third kappa shape index (κ3) is 6.34. The summed E-state index contributed by atoms with van der Waals surface area (Å²) >= 11 is 1.22. The Morgan fingerprint density at radius 1 is 1.00 bits per heavy atom. The van der Waals surface area contributed by atoms with Gasteiger partial charge in [0.1, 0.15) is 5.75 Å². The molecule has 38 heavy (non-hydrogen) atoms. The molecule has 1 saturated carbocycles. The molecule has 0 unspecified atom stereocenters. The number of esters is 2. The lowest BCUT2D eigenvalue weighted by molar-refractivity contribution is -0.113. The second kappa shape index (κ2) is 12.6. The number of ether oxygens (including phenoxy) is 3. The Labute approximate surface area is 225 Å². The third-order valence-corrected chi connectivity index (χ3v) is 7.17. The first kappa shape index (κ1) is 27.2. The van der Waals surface area contributed by atoms with Crippen LogP contribution in [0.1, 0.15) is 53.3 Å². The molecule has 0 saturated heterocycles. The molecule has 1 aliphatic rings. The van der Waals surface area contributed by atoms with Crippen molar-refractivity contribution in [2.75, 3.05) is 25.3 Å². The van der Waals surface area contributed by atoms with Crippen molar-refractivity contribution in [3.63, 3.8) is 0 Å². The van der Waals surface area contributed by atoms with Crippen molar-refractivity contribution in [3.8, 4) is 17.1 Å². The third-order valence-electron chi connectivity index (χ3n) is 6.20. The number of carbonyl (C=O) groups excluding carboxylic acids is 3. The second-order valence-corrected chi connectivity index (χ2v) is 9.62. The fraction of sp³-hybridized carbons (Fsp3) is 0.370. The minimum atomic E-state index is -0.639. The van der Waals surface area contributed by atoms with Crippen LogP contribution >= 0.6 is 11.8 Å². The number of amides is 1. The van der Waals surface area contributed by atoms with Gasteiger partial charge in [0, 0.05) is 12.1 Å². The predicted molar refractivity (Wildman–Crippen MR) is 142 cm³/mol. The van der Waals surface area contributed by atoms with Gasteiger partial charge < -0.3 is 24.1 Å². The highest BCUT2D eigenvalue weighted by molar-refractivity contribution is 7.99. The van der Waals surface area contributed by atoms with Gasteiger partial charge in [-0.3, -0.25) is 4.79 Å². The summed E-state index contributed by atoms with van der Waals surface area (Å²) in [5, 5.41) is 11.9. The Morgan fingerprint density at radius 3 is 2.37 bits per heavy atom. The molecular formula is C27H30N4O6S. The van der Waals surface area contributed by atoms with Crippen LogP contribution in [0.4, 0.5) is 5.69 Å². The molecule has 0 radical (unpaired) electrons. The standard InChI is InChI=1S/C27H30N4O6S/c1-4-31-24(17-9-12-20(13-10-17)37-19-7-5-6-8-19)29-30-27(31)38-16-23(32)28-22-15-18(25(33)35-2)11-14-21(22)26(34)36-3/h9-15,19H,4-8,16H2,1-3H3,(H,28,32). The lowest BCUT2D eigenvalue weighted by atomic mass is 10.1. The molecule has 10 nitrogen and oxygen atoms in total. The molecule has 0 spiro atoms. The van der Waals surface area contributed by atoms with Gasteiger partial charge in [-0.2, -0.15) is 0 Å². The minimum absolute atomic E-state index is 0.00929. The number of nitrogens with zero attached hydrogens (tertiary/aromatic N) is 3. The molecule has 0 atom stereocenters. The summed E-state index contributed by atoms with van der Waals surface area (Å²) in [6.45, 7) is 2.59. The maximum Gasteiger partial charge on any atom is 0.339 e. The van der Waals surface area contributed by atoms with Gasteiger partial charge in [0.05, 0.1) is 42.9 Å². The van der Waals surface area contributed by atoms with Crippen molar-refractivity contribution in [2.24, 2.45) is 0 Å². The molecule has 1 aliphatic carbocycles. The van der Waals surface area contributed by atoms with E-state index < -0.39 is 11.9 Å². The summed E-state index contributed by atoms with van der Waals surface area (Å²) < 4.78 is 17.5. The predicted octanol–water partition coefficient (Wildman–Crippen LogP) is 4.59. The first-order chi connectivity index (χ1) is 18.4. The molecule has 11 heteroatoms. The lowest BCUT2D eigenvalue weighted by Gasteiger charge is -2.13. The summed E-state index contributed by atoms with van der Waals surface area (Å²) in [7, 11) is 2.49. The van der Waals surface area contributed by atoms with Crippen LogP contribution in [0.15, 0.2) is 47.6 Å². The van der Waals surface area contributed by atoms with E-state index in [0.717, 1.165) is 24.2 Å². The molecule has 4 rings (SSSR count). The number of hydrogen-bond acceptors (Lipinski definition) is 9. The topological polar surface area (TPSA) is 122 Å². The van der Waals surface area contributed by atoms with Crippen LogP contribution in [0, 0.1) is 0 Å². The number of aromatic nitrogens is 3. The molecule has 1 heterocycles. The van der Waals surface area contributed by atoms with Crippen LogP contribution < -0.4 is 10.1 Å². The van der Waals surface area contributed by atoms with E-state index in [9.17, 15) is 14.4 Å². The number of nitrogens with one attached hydrogen (secondary N) is 1. The molecule has 1 fully saturated rings. The van der Waals surface area contributed by atoms with Crippen LogP contribution in [0.5, 0.6) is 5.75 Å². The minimum Gasteiger partial charge on any atom is -0.490 e. The van der Waals surface area contributed by atoms with E-state index in [0.29, 0.717) is 23.6 Å². The molecule has 3 aromatic rings. The summed E-state index contributed by atoms with van der Waals surface area (Å²) in [6.07, 6.45) is 4.92. The summed E-state index contributed by atoms with van der Waals surface area (Å²) in [4.78, 5) is 36.9. The Morgan fingerprint density at radius 2 is 1.71 bits per heavy atom. The molecule has 1 amide bonds. The molecule has 0 aliphatic heterocycles. The van der Waals surface area contributed by atoms with Gasteiger partial charge in [-0.05, 0) is 75.1 Å². The van der Waals surface area contributed by atoms with E-state index in [1.807, 2.05) is 35.8 Å². The Kier molecular flexibility index (Phi) is 9.01. The van der Waals surface area contributed by atoms with Gasteiger partial charge in [-0.1, -0.05) is 11.8 Å². The van der Waals surface area contributed by atoms with Crippen molar-refractivity contribution < 1.29 is 28.6 Å². The number of benzene rings is 2. The summed E-state index contributed by atoms with van der Waals surface area (Å²) in [5.74, 6) is -0.0659. The van der Waals surface area contributed by atoms with Crippen molar-refractivity contribution >= 4 is 35.3 Å². The Balaban J connectivity index is 1.43. The average molecular weight is 539 g/mol. The SMILES string of the molecule is CCn1c(SCC(=O)Nc2cc(C(=O)OC)ccc2C(=O)OC)nnc1-c1ccc(OC2CCCC2)cc1. The van der Waals surface area contributed by atoms with Crippen molar-refractivity contribution in [1.82, 2.24) is 14.8 Å². The van der Waals surface area contributed by atoms with Crippen LogP contribution in [-0.4, -0.2) is 58.7 Å². The Hall–Kier alpha value is -3.86. The maximum absolute atomic E-state index is 12.8. The molecule has 2 aromatic carbocycles. The fourth-order valence-corrected chi connectivity index (χ4v) is 5.07. The van der Waals surface area contributed by atoms with Crippen LogP contribution in [0.25, 0.3) is 11.4 Å². The Bertz CT molecular complexity index is 1300. The zero-order valence-electron chi connectivity index (χ0n) is 21.6. The van der Waals surface area contributed by atoms with E-state index in [4.69, 9.17) is 14.2 Å². The molecule has 1 N–H and O–H groups in total. The zero-order chi connectivity index (χ0) is 27.1. The first-order valence-electron chi connectivity index (χ1n) is 12.4. The summed E-state index contributed by atoms with van der Waals surface area (Å²) in [6, 6.07) is 12.0. The second-order valence-electron chi connectivity index (χ2n) is 8.68. The summed E-state index contributed by atoms with van der Waals surface area (Å²) in [5.41, 5.74) is 1.37. The van der Waals surface area contributed by atoms with Gasteiger partial charge in [-0.15, -0.1) is 10.2 Å². The average Bonchev–Trinajstić information content (AvgIpc) is 3.61. The zero-order valence-corrected chi connectivity index (χ0v) is 22.4. The van der Waals surface area contributed by atoms with E-state index >= 15 is 0 Å². The smallest absolute Gasteiger partial charge is 0.339 e. The lowest BCUT2D eigenvalue weighted by Crippen LogP contribution is -2.18. The van der Waals surface area contributed by atoms with Crippen LogP contribution in [0.2, 0.25) is 0 Å². The van der Waals surface area contributed by atoms with E-state index in [-0.39, 0.29) is 28.5 Å². The van der Waals surface area contributed by atoms with Gasteiger partial charge in [0.25, 0.3) is 0 Å². The van der Waals surface area contributed by atoms with Gasteiger partial charge in [0.15, 0.2) is 11.0 Å². The van der Waals surface area contributed by atoms with E-state index in [1.54, 1.807) is 0 Å². The van der Waals surface area contributed by atoms with Gasteiger partial charge in [-0.25, -0.2) is 9.59 Å². The highest BCUT2D eigenvalue weighted by Gasteiger charge is 2.20. The van der Waals surface area contributed by atoms with Gasteiger partial charge in [0.2, 0.25) is 5.91 Å². The van der Waals surface area contributed by atoms with E-state index in [1.165, 1.54) is 57.0 Å².